The van der Waals surface area contributed by atoms with Gasteiger partial charge in [-0.3, -0.25) is 4.79 Å². The maximum absolute atomic E-state index is 12.6. The minimum atomic E-state index is -0.0743. The molecule has 1 aromatic carbocycles. The van der Waals surface area contributed by atoms with Crippen LogP contribution in [-0.2, 0) is 0 Å². The predicted octanol–water partition coefficient (Wildman–Crippen LogP) is 3.39. The van der Waals surface area contributed by atoms with E-state index in [1.165, 1.54) is 0 Å². The quantitative estimate of drug-likeness (QED) is 0.868. The van der Waals surface area contributed by atoms with Gasteiger partial charge >= 0.3 is 0 Å². The van der Waals surface area contributed by atoms with Crippen molar-refractivity contribution in [3.63, 3.8) is 0 Å². The maximum Gasteiger partial charge on any atom is 0.276 e. The second-order valence-electron chi connectivity index (χ2n) is 5.85. The number of nitrogens with zero attached hydrogens (tertiary/aromatic N) is 2. The lowest BCUT2D eigenvalue weighted by Crippen LogP contribution is -2.45. The van der Waals surface area contributed by atoms with Gasteiger partial charge in [0.05, 0.1) is 13.2 Å². The Balaban J connectivity index is 1.78. The summed E-state index contributed by atoms with van der Waals surface area (Å²) in [6.07, 6.45) is 0.952. The maximum atomic E-state index is 12.6. The highest BCUT2D eigenvalue weighted by Crippen LogP contribution is 2.35. The molecule has 0 unspecified atom stereocenters. The fourth-order valence-electron chi connectivity index (χ4n) is 2.64. The Bertz CT molecular complexity index is 678. The molecule has 5 nitrogen and oxygen atoms in total. The number of hydrogen-bond acceptors (Lipinski definition) is 4. The van der Waals surface area contributed by atoms with Gasteiger partial charge in [0, 0.05) is 18.5 Å². The molecule has 1 aromatic heterocycles. The molecule has 0 N–H and O–H groups in total. The molecular weight excluding hydrogens is 280 g/mol. The number of ether oxygens (including phenoxy) is 1. The Morgan fingerprint density at radius 1 is 1.41 bits per heavy atom. The van der Waals surface area contributed by atoms with Crippen LogP contribution in [0, 0.1) is 0 Å². The molecule has 1 saturated heterocycles. The normalized spacial score (nSPS) is 17.5. The molecule has 1 aliphatic rings. The second kappa shape index (κ2) is 5.83. The Morgan fingerprint density at radius 2 is 2.23 bits per heavy atom. The molecular formula is C17H20N2O3. The number of amides is 1. The van der Waals surface area contributed by atoms with E-state index in [0.29, 0.717) is 5.69 Å². The van der Waals surface area contributed by atoms with E-state index in [2.05, 4.69) is 5.16 Å². The lowest BCUT2D eigenvalue weighted by atomic mass is 9.94. The molecule has 5 heteroatoms. The molecule has 2 aromatic rings. The first-order valence-corrected chi connectivity index (χ1v) is 7.51. The Kier molecular flexibility index (Phi) is 3.88. The highest BCUT2D eigenvalue weighted by molar-refractivity contribution is 5.93. The monoisotopic (exact) mass is 300 g/mol. The van der Waals surface area contributed by atoms with Crippen LogP contribution in [-0.4, -0.2) is 29.6 Å². The predicted molar refractivity (Wildman–Crippen MR) is 82.0 cm³/mol. The molecule has 2 heterocycles. The van der Waals surface area contributed by atoms with E-state index in [1.807, 2.05) is 43.0 Å². The lowest BCUT2D eigenvalue weighted by Gasteiger charge is -2.40. The molecule has 1 amide bonds. The summed E-state index contributed by atoms with van der Waals surface area (Å²) >= 11 is 0. The Labute approximate surface area is 129 Å². The SMILES string of the molecule is COc1cccc([C@@H]2CCN2C(=O)c2cc(C(C)C)on2)c1. The first-order valence-electron chi connectivity index (χ1n) is 7.51. The van der Waals surface area contributed by atoms with E-state index in [-0.39, 0.29) is 17.9 Å². The van der Waals surface area contributed by atoms with Gasteiger partial charge in [-0.05, 0) is 24.1 Å². The van der Waals surface area contributed by atoms with E-state index in [0.717, 1.165) is 30.0 Å². The standard InChI is InChI=1S/C17H20N2O3/c1-11(2)16-10-14(18-22-16)17(20)19-8-7-15(19)12-5-4-6-13(9-12)21-3/h4-6,9-11,15H,7-8H2,1-3H3/t15-/m0/s1. The van der Waals surface area contributed by atoms with Crippen LogP contribution in [0.4, 0.5) is 0 Å². The Morgan fingerprint density at radius 3 is 2.82 bits per heavy atom. The van der Waals surface area contributed by atoms with E-state index >= 15 is 0 Å². The van der Waals surface area contributed by atoms with Crippen LogP contribution in [0.1, 0.15) is 54.0 Å². The van der Waals surface area contributed by atoms with Crippen molar-refractivity contribution in [2.75, 3.05) is 13.7 Å². The number of benzene rings is 1. The molecule has 0 spiro atoms. The van der Waals surface area contributed by atoms with Gasteiger partial charge in [-0.15, -0.1) is 0 Å². The van der Waals surface area contributed by atoms with Crippen molar-refractivity contribution in [3.8, 4) is 5.75 Å². The molecule has 1 atom stereocenters. The minimum absolute atomic E-state index is 0.0743. The fraction of sp³-hybridized carbons (Fsp3) is 0.412. The summed E-state index contributed by atoms with van der Waals surface area (Å²) in [5.74, 6) is 1.69. The van der Waals surface area contributed by atoms with E-state index < -0.39 is 0 Å². The van der Waals surface area contributed by atoms with Crippen LogP contribution in [0.3, 0.4) is 0 Å². The zero-order valence-corrected chi connectivity index (χ0v) is 13.1. The summed E-state index contributed by atoms with van der Waals surface area (Å²) < 4.78 is 10.5. The van der Waals surface area contributed by atoms with Gasteiger partial charge in [-0.2, -0.15) is 0 Å². The van der Waals surface area contributed by atoms with Gasteiger partial charge in [0.25, 0.3) is 5.91 Å². The van der Waals surface area contributed by atoms with Gasteiger partial charge in [0.1, 0.15) is 11.5 Å². The van der Waals surface area contributed by atoms with Gasteiger partial charge < -0.3 is 14.2 Å². The van der Waals surface area contributed by atoms with Gasteiger partial charge in [-0.1, -0.05) is 31.1 Å². The largest absolute Gasteiger partial charge is 0.497 e. The van der Waals surface area contributed by atoms with Crippen LogP contribution in [0.25, 0.3) is 0 Å². The van der Waals surface area contributed by atoms with E-state index in [1.54, 1.807) is 13.2 Å². The van der Waals surface area contributed by atoms with Crippen molar-refractivity contribution in [3.05, 3.63) is 47.3 Å². The number of rotatable bonds is 4. The van der Waals surface area contributed by atoms with Crippen LogP contribution < -0.4 is 4.74 Å². The number of aromatic nitrogens is 1. The number of likely N-dealkylation sites (tertiary alicyclic amines) is 1. The first-order chi connectivity index (χ1) is 10.6. The van der Waals surface area contributed by atoms with Crippen molar-refractivity contribution < 1.29 is 14.1 Å². The highest BCUT2D eigenvalue weighted by atomic mass is 16.5. The van der Waals surface area contributed by atoms with E-state index in [4.69, 9.17) is 9.26 Å². The molecule has 116 valence electrons. The summed E-state index contributed by atoms with van der Waals surface area (Å²) in [7, 11) is 1.64. The van der Waals surface area contributed by atoms with Crippen LogP contribution in [0.2, 0.25) is 0 Å². The van der Waals surface area contributed by atoms with Gasteiger partial charge in [-0.25, -0.2) is 0 Å². The van der Waals surface area contributed by atoms with Crippen LogP contribution in [0.15, 0.2) is 34.9 Å². The summed E-state index contributed by atoms with van der Waals surface area (Å²) in [4.78, 5) is 14.4. The number of hydrogen-bond donors (Lipinski definition) is 0. The third-order valence-corrected chi connectivity index (χ3v) is 4.08. The molecule has 1 aliphatic heterocycles. The first kappa shape index (κ1) is 14.6. The molecule has 1 fully saturated rings. The summed E-state index contributed by atoms with van der Waals surface area (Å²) in [6.45, 7) is 4.76. The average Bonchev–Trinajstić information content (AvgIpc) is 2.96. The summed E-state index contributed by atoms with van der Waals surface area (Å²) in [5, 5.41) is 3.91. The lowest BCUT2D eigenvalue weighted by molar-refractivity contribution is 0.0449. The molecule has 3 rings (SSSR count). The van der Waals surface area contributed by atoms with Gasteiger partial charge in [0.15, 0.2) is 5.69 Å². The minimum Gasteiger partial charge on any atom is -0.497 e. The van der Waals surface area contributed by atoms with Gasteiger partial charge in [0.2, 0.25) is 0 Å². The summed E-state index contributed by atoms with van der Waals surface area (Å²) in [6, 6.07) is 9.68. The molecule has 0 saturated carbocycles. The van der Waals surface area contributed by atoms with Crippen molar-refractivity contribution in [1.29, 1.82) is 0 Å². The van der Waals surface area contributed by atoms with Crippen molar-refractivity contribution in [1.82, 2.24) is 10.1 Å². The van der Waals surface area contributed by atoms with E-state index in [9.17, 15) is 4.79 Å². The summed E-state index contributed by atoms with van der Waals surface area (Å²) in [5.41, 5.74) is 1.47. The molecule has 22 heavy (non-hydrogen) atoms. The molecule has 0 aliphatic carbocycles. The number of carbonyl (C=O) groups is 1. The van der Waals surface area contributed by atoms with Crippen molar-refractivity contribution in [2.24, 2.45) is 0 Å². The molecule has 0 radical (unpaired) electrons. The second-order valence-corrected chi connectivity index (χ2v) is 5.85. The number of carbonyl (C=O) groups excluding carboxylic acids is 1. The zero-order chi connectivity index (χ0) is 15.7. The zero-order valence-electron chi connectivity index (χ0n) is 13.1. The smallest absolute Gasteiger partial charge is 0.276 e. The van der Waals surface area contributed by atoms with Crippen LogP contribution in [0.5, 0.6) is 5.75 Å². The highest BCUT2D eigenvalue weighted by Gasteiger charge is 2.35. The topological polar surface area (TPSA) is 55.6 Å². The third-order valence-electron chi connectivity index (χ3n) is 4.08. The fourth-order valence-corrected chi connectivity index (χ4v) is 2.64. The van der Waals surface area contributed by atoms with Crippen molar-refractivity contribution in [2.45, 2.75) is 32.2 Å². The van der Waals surface area contributed by atoms with Crippen molar-refractivity contribution >= 4 is 5.91 Å². The third kappa shape index (κ3) is 2.58. The molecule has 0 bridgehead atoms. The Hall–Kier alpha value is -2.30. The van der Waals surface area contributed by atoms with Crippen LogP contribution >= 0.6 is 0 Å². The average molecular weight is 300 g/mol. The number of methoxy groups -OCH3 is 1.